The summed E-state index contributed by atoms with van der Waals surface area (Å²) in [7, 11) is -2.30. The minimum absolute atomic E-state index is 0.194. The van der Waals surface area contributed by atoms with Crippen LogP contribution in [0.1, 0.15) is 34.0 Å². The van der Waals surface area contributed by atoms with Gasteiger partial charge in [0, 0.05) is 0 Å². The number of hydrogen-bond donors (Lipinski definition) is 1. The van der Waals surface area contributed by atoms with E-state index in [0.717, 1.165) is 0 Å². The van der Waals surface area contributed by atoms with E-state index in [1.165, 1.54) is 7.11 Å². The Hall–Kier alpha value is -2.54. The Kier molecular flexibility index (Phi) is 5.92. The zero-order valence-electron chi connectivity index (χ0n) is 15.5. The molecular formula is C19H23NO5S. The number of sulfonamides is 1. The van der Waals surface area contributed by atoms with Crippen molar-refractivity contribution in [2.75, 3.05) is 18.4 Å². The largest absolute Gasteiger partial charge is 0.497 e. The molecule has 0 aliphatic carbocycles. The number of ether oxygens (including phenoxy) is 2. The van der Waals surface area contributed by atoms with Crippen molar-refractivity contribution in [3.05, 3.63) is 52.6 Å². The maximum atomic E-state index is 12.9. The molecule has 7 heteroatoms. The number of carbonyl (C=O) groups excluding carboxylic acids is 1. The van der Waals surface area contributed by atoms with Gasteiger partial charge in [-0.05, 0) is 68.7 Å². The lowest BCUT2D eigenvalue weighted by Crippen LogP contribution is -2.17. The highest BCUT2D eigenvalue weighted by Gasteiger charge is 2.22. The van der Waals surface area contributed by atoms with Crippen LogP contribution in [-0.2, 0) is 14.8 Å². The van der Waals surface area contributed by atoms with Gasteiger partial charge < -0.3 is 9.47 Å². The number of anilines is 1. The number of carbonyl (C=O) groups is 1. The molecule has 0 aliphatic rings. The number of nitrogens with one attached hydrogen (secondary N) is 1. The highest BCUT2D eigenvalue weighted by molar-refractivity contribution is 7.92. The molecule has 0 heterocycles. The van der Waals surface area contributed by atoms with Crippen molar-refractivity contribution in [1.29, 1.82) is 0 Å². The van der Waals surface area contributed by atoms with Crippen molar-refractivity contribution in [2.24, 2.45) is 0 Å². The number of benzene rings is 2. The molecule has 2 rings (SSSR count). The van der Waals surface area contributed by atoms with Gasteiger partial charge >= 0.3 is 5.97 Å². The van der Waals surface area contributed by atoms with Crippen molar-refractivity contribution in [3.8, 4) is 5.75 Å². The van der Waals surface area contributed by atoms with Gasteiger partial charge in [-0.15, -0.1) is 0 Å². The number of aryl methyl sites for hydroxylation is 2. The van der Waals surface area contributed by atoms with Crippen LogP contribution in [0.15, 0.2) is 35.2 Å². The van der Waals surface area contributed by atoms with Crippen LogP contribution in [-0.4, -0.2) is 28.1 Å². The molecule has 0 radical (unpaired) electrons. The number of hydrogen-bond acceptors (Lipinski definition) is 5. The zero-order valence-corrected chi connectivity index (χ0v) is 16.4. The van der Waals surface area contributed by atoms with E-state index in [1.54, 1.807) is 58.0 Å². The summed E-state index contributed by atoms with van der Waals surface area (Å²) in [6.07, 6.45) is 0. The summed E-state index contributed by atoms with van der Waals surface area (Å²) in [6, 6.07) is 8.18. The van der Waals surface area contributed by atoms with E-state index in [-0.39, 0.29) is 11.5 Å². The first kappa shape index (κ1) is 19.8. The van der Waals surface area contributed by atoms with Crippen molar-refractivity contribution >= 4 is 21.7 Å². The molecule has 0 saturated carbocycles. The molecular weight excluding hydrogens is 354 g/mol. The van der Waals surface area contributed by atoms with E-state index >= 15 is 0 Å². The molecule has 0 spiro atoms. The average Bonchev–Trinajstić information content (AvgIpc) is 2.55. The van der Waals surface area contributed by atoms with Crippen LogP contribution in [0.4, 0.5) is 5.69 Å². The van der Waals surface area contributed by atoms with E-state index in [1.807, 2.05) is 0 Å². The Labute approximate surface area is 154 Å². The van der Waals surface area contributed by atoms with Gasteiger partial charge in [0.2, 0.25) is 0 Å². The van der Waals surface area contributed by atoms with E-state index in [2.05, 4.69) is 4.72 Å². The fraction of sp³-hybridized carbons (Fsp3) is 0.316. The van der Waals surface area contributed by atoms with Crippen molar-refractivity contribution in [3.63, 3.8) is 0 Å². The molecule has 0 fully saturated rings. The number of methoxy groups -OCH3 is 1. The van der Waals surface area contributed by atoms with Gasteiger partial charge in [0.05, 0.1) is 29.9 Å². The smallest absolute Gasteiger partial charge is 0.338 e. The lowest BCUT2D eigenvalue weighted by molar-refractivity contribution is 0.0525. The average molecular weight is 377 g/mol. The molecule has 0 aliphatic heterocycles. The van der Waals surface area contributed by atoms with Gasteiger partial charge in [-0.1, -0.05) is 6.07 Å². The lowest BCUT2D eigenvalue weighted by atomic mass is 10.1. The maximum Gasteiger partial charge on any atom is 0.338 e. The van der Waals surface area contributed by atoms with Gasteiger partial charge in [0.15, 0.2) is 0 Å². The second-order valence-electron chi connectivity index (χ2n) is 5.89. The van der Waals surface area contributed by atoms with Crippen LogP contribution in [0.25, 0.3) is 0 Å². The van der Waals surface area contributed by atoms with Crippen LogP contribution in [0, 0.1) is 20.8 Å². The fourth-order valence-corrected chi connectivity index (χ4v) is 4.40. The predicted molar refractivity (Wildman–Crippen MR) is 100 cm³/mol. The molecule has 26 heavy (non-hydrogen) atoms. The zero-order chi connectivity index (χ0) is 19.5. The summed E-state index contributed by atoms with van der Waals surface area (Å²) < 4.78 is 38.6. The Morgan fingerprint density at radius 1 is 1.12 bits per heavy atom. The summed E-state index contributed by atoms with van der Waals surface area (Å²) in [4.78, 5) is 12.2. The first-order valence-corrected chi connectivity index (χ1v) is 9.64. The predicted octanol–water partition coefficient (Wildman–Crippen LogP) is 3.60. The second kappa shape index (κ2) is 7.78. The molecule has 0 saturated heterocycles. The van der Waals surface area contributed by atoms with Gasteiger partial charge in [-0.2, -0.15) is 0 Å². The van der Waals surface area contributed by atoms with E-state index in [9.17, 15) is 13.2 Å². The summed E-state index contributed by atoms with van der Waals surface area (Å²) in [5.74, 6) is 0.113. The third kappa shape index (κ3) is 3.99. The maximum absolute atomic E-state index is 12.9. The van der Waals surface area contributed by atoms with Crippen LogP contribution in [0.5, 0.6) is 5.75 Å². The molecule has 0 atom stereocenters. The van der Waals surface area contributed by atoms with E-state index < -0.39 is 16.0 Å². The van der Waals surface area contributed by atoms with Gasteiger partial charge in [-0.3, -0.25) is 4.72 Å². The summed E-state index contributed by atoms with van der Waals surface area (Å²) >= 11 is 0. The Morgan fingerprint density at radius 3 is 2.27 bits per heavy atom. The standard InChI is InChI=1S/C19H23NO5S/c1-6-25-19(21)16-8-7-9-17(14(16)4)20-26(22,23)18-12(2)10-15(24-5)11-13(18)3/h7-11,20H,6H2,1-5H3. The fourth-order valence-electron chi connectivity index (χ4n) is 2.82. The SMILES string of the molecule is CCOC(=O)c1cccc(NS(=O)(=O)c2c(C)cc(OC)cc2C)c1C. The summed E-state index contributed by atoms with van der Waals surface area (Å²) in [5.41, 5.74) is 2.33. The minimum Gasteiger partial charge on any atom is -0.497 e. The van der Waals surface area contributed by atoms with Crippen molar-refractivity contribution in [2.45, 2.75) is 32.6 Å². The molecule has 0 bridgehead atoms. The van der Waals surface area contributed by atoms with Crippen molar-refractivity contribution in [1.82, 2.24) is 0 Å². The third-order valence-corrected chi connectivity index (χ3v) is 5.68. The quantitative estimate of drug-likeness (QED) is 0.778. The molecule has 0 amide bonds. The first-order valence-electron chi connectivity index (χ1n) is 8.16. The monoisotopic (exact) mass is 377 g/mol. The van der Waals surface area contributed by atoms with Crippen LogP contribution >= 0.6 is 0 Å². The normalized spacial score (nSPS) is 11.1. The molecule has 1 N–H and O–H groups in total. The Morgan fingerprint density at radius 2 is 1.73 bits per heavy atom. The Bertz CT molecular complexity index is 912. The van der Waals surface area contributed by atoms with Gasteiger partial charge in [-0.25, -0.2) is 13.2 Å². The highest BCUT2D eigenvalue weighted by Crippen LogP contribution is 2.29. The summed E-state index contributed by atoms with van der Waals surface area (Å²) in [6.45, 7) is 7.07. The molecule has 2 aromatic carbocycles. The minimum atomic E-state index is -3.83. The Balaban J connectivity index is 2.46. The first-order chi connectivity index (χ1) is 12.2. The molecule has 2 aromatic rings. The number of rotatable bonds is 6. The number of esters is 1. The molecule has 6 nitrogen and oxygen atoms in total. The second-order valence-corrected chi connectivity index (χ2v) is 7.51. The van der Waals surface area contributed by atoms with Gasteiger partial charge in [0.25, 0.3) is 10.0 Å². The van der Waals surface area contributed by atoms with Crippen LogP contribution in [0.3, 0.4) is 0 Å². The van der Waals surface area contributed by atoms with Gasteiger partial charge in [0.1, 0.15) is 5.75 Å². The third-order valence-electron chi connectivity index (χ3n) is 4.01. The highest BCUT2D eigenvalue weighted by atomic mass is 32.2. The topological polar surface area (TPSA) is 81.7 Å². The van der Waals surface area contributed by atoms with E-state index in [0.29, 0.717) is 33.7 Å². The van der Waals surface area contributed by atoms with E-state index in [4.69, 9.17) is 9.47 Å². The molecule has 0 unspecified atom stereocenters. The summed E-state index contributed by atoms with van der Waals surface area (Å²) in [5, 5.41) is 0. The van der Waals surface area contributed by atoms with Crippen LogP contribution < -0.4 is 9.46 Å². The lowest BCUT2D eigenvalue weighted by Gasteiger charge is -2.16. The molecule has 140 valence electrons. The molecule has 0 aromatic heterocycles. The van der Waals surface area contributed by atoms with Crippen LogP contribution in [0.2, 0.25) is 0 Å². The van der Waals surface area contributed by atoms with Crippen molar-refractivity contribution < 1.29 is 22.7 Å².